The molecule has 0 spiro atoms. The highest BCUT2D eigenvalue weighted by Crippen LogP contribution is 2.27. The highest BCUT2D eigenvalue weighted by molar-refractivity contribution is 5.85. The third kappa shape index (κ3) is 4.45. The number of nitrogens with zero attached hydrogens (tertiary/aromatic N) is 1. The van der Waals surface area contributed by atoms with Gasteiger partial charge in [-0.1, -0.05) is 19.1 Å². The first-order chi connectivity index (χ1) is 10.6. The SMILES string of the molecule is CC(Cc1cccc(F)c1)C(=O)N1CC[C@@H]2CNC[C@@H]2CC1.Cl. The van der Waals surface area contributed by atoms with Crippen LogP contribution in [0.25, 0.3) is 0 Å². The lowest BCUT2D eigenvalue weighted by Crippen LogP contribution is -2.37. The number of nitrogens with one attached hydrogen (secondary N) is 1. The number of amides is 1. The number of halogens is 2. The second kappa shape index (κ2) is 8.11. The first kappa shape index (κ1) is 18.2. The van der Waals surface area contributed by atoms with E-state index in [2.05, 4.69) is 5.32 Å². The minimum atomic E-state index is -0.229. The van der Waals surface area contributed by atoms with E-state index in [0.29, 0.717) is 6.42 Å². The number of benzene rings is 1. The van der Waals surface area contributed by atoms with Crippen LogP contribution in [-0.4, -0.2) is 37.0 Å². The molecule has 1 N–H and O–H groups in total. The number of hydrogen-bond donors (Lipinski definition) is 1. The van der Waals surface area contributed by atoms with Gasteiger partial charge in [0.05, 0.1) is 0 Å². The predicted molar refractivity (Wildman–Crippen MR) is 92.2 cm³/mol. The highest BCUT2D eigenvalue weighted by Gasteiger charge is 2.32. The third-order valence-electron chi connectivity index (χ3n) is 5.18. The molecule has 2 saturated heterocycles. The van der Waals surface area contributed by atoms with Crippen molar-refractivity contribution in [3.05, 3.63) is 35.6 Å². The molecule has 128 valence electrons. The molecular formula is C18H26ClFN2O. The molecule has 3 atom stereocenters. The lowest BCUT2D eigenvalue weighted by atomic mass is 9.92. The van der Waals surface area contributed by atoms with Gasteiger partial charge in [0, 0.05) is 19.0 Å². The molecule has 2 fully saturated rings. The number of rotatable bonds is 3. The number of carbonyl (C=O) groups is 1. The van der Waals surface area contributed by atoms with Crippen LogP contribution in [0.5, 0.6) is 0 Å². The molecule has 23 heavy (non-hydrogen) atoms. The first-order valence-electron chi connectivity index (χ1n) is 8.37. The van der Waals surface area contributed by atoms with E-state index < -0.39 is 0 Å². The second-order valence-corrected chi connectivity index (χ2v) is 6.82. The summed E-state index contributed by atoms with van der Waals surface area (Å²) in [6.45, 7) is 5.90. The fraction of sp³-hybridized carbons (Fsp3) is 0.611. The van der Waals surface area contributed by atoms with Crippen molar-refractivity contribution in [2.45, 2.75) is 26.2 Å². The zero-order valence-electron chi connectivity index (χ0n) is 13.6. The molecule has 1 unspecified atom stereocenters. The van der Waals surface area contributed by atoms with Crippen LogP contribution in [0.1, 0.15) is 25.3 Å². The van der Waals surface area contributed by atoms with E-state index in [1.165, 1.54) is 12.1 Å². The van der Waals surface area contributed by atoms with Crippen LogP contribution in [0.2, 0.25) is 0 Å². The van der Waals surface area contributed by atoms with Gasteiger partial charge in [-0.3, -0.25) is 4.79 Å². The first-order valence-corrected chi connectivity index (χ1v) is 8.37. The summed E-state index contributed by atoms with van der Waals surface area (Å²) in [6.07, 6.45) is 2.83. The van der Waals surface area contributed by atoms with Crippen LogP contribution < -0.4 is 5.32 Å². The average Bonchev–Trinajstić information content (AvgIpc) is 2.85. The lowest BCUT2D eigenvalue weighted by molar-refractivity contribution is -0.135. The fourth-order valence-electron chi connectivity index (χ4n) is 3.85. The Hall–Kier alpha value is -1.13. The summed E-state index contributed by atoms with van der Waals surface area (Å²) in [5, 5.41) is 3.46. The predicted octanol–water partition coefficient (Wildman–Crippen LogP) is 2.88. The summed E-state index contributed by atoms with van der Waals surface area (Å²) in [5.41, 5.74) is 0.900. The van der Waals surface area contributed by atoms with Gasteiger partial charge in [0.1, 0.15) is 5.82 Å². The number of likely N-dealkylation sites (tertiary alicyclic amines) is 1. The quantitative estimate of drug-likeness (QED) is 0.917. The molecule has 0 radical (unpaired) electrons. The Labute approximate surface area is 144 Å². The van der Waals surface area contributed by atoms with Gasteiger partial charge in [-0.15, -0.1) is 12.4 Å². The Morgan fingerprint density at radius 1 is 1.30 bits per heavy atom. The molecule has 2 heterocycles. The van der Waals surface area contributed by atoms with Crippen LogP contribution in [0.4, 0.5) is 4.39 Å². The van der Waals surface area contributed by atoms with E-state index in [9.17, 15) is 9.18 Å². The zero-order chi connectivity index (χ0) is 15.5. The molecule has 0 aromatic heterocycles. The van der Waals surface area contributed by atoms with Crippen LogP contribution in [0.15, 0.2) is 24.3 Å². The molecule has 1 amide bonds. The van der Waals surface area contributed by atoms with Crippen molar-refractivity contribution in [2.75, 3.05) is 26.2 Å². The van der Waals surface area contributed by atoms with E-state index in [1.807, 2.05) is 17.9 Å². The molecule has 3 nitrogen and oxygen atoms in total. The fourth-order valence-corrected chi connectivity index (χ4v) is 3.85. The molecule has 3 rings (SSSR count). The molecule has 2 aliphatic rings. The monoisotopic (exact) mass is 340 g/mol. The van der Waals surface area contributed by atoms with Gasteiger partial charge in [-0.25, -0.2) is 4.39 Å². The molecule has 5 heteroatoms. The van der Waals surface area contributed by atoms with Gasteiger partial charge >= 0.3 is 0 Å². The number of fused-ring (bicyclic) bond motifs is 1. The van der Waals surface area contributed by atoms with Gasteiger partial charge in [0.15, 0.2) is 0 Å². The van der Waals surface area contributed by atoms with Gasteiger partial charge in [0.25, 0.3) is 0 Å². The Balaban J connectivity index is 0.00000192. The Kier molecular flexibility index (Phi) is 6.42. The van der Waals surface area contributed by atoms with Crippen molar-refractivity contribution in [3.63, 3.8) is 0 Å². The Bertz CT molecular complexity index is 526. The smallest absolute Gasteiger partial charge is 0.225 e. The summed E-state index contributed by atoms with van der Waals surface area (Å²) in [7, 11) is 0. The Morgan fingerprint density at radius 2 is 1.96 bits per heavy atom. The van der Waals surface area contributed by atoms with Crippen LogP contribution in [0.3, 0.4) is 0 Å². The van der Waals surface area contributed by atoms with Crippen molar-refractivity contribution >= 4 is 18.3 Å². The average molecular weight is 341 g/mol. The maximum Gasteiger partial charge on any atom is 0.225 e. The lowest BCUT2D eigenvalue weighted by Gasteiger charge is -2.24. The molecule has 1 aromatic carbocycles. The Morgan fingerprint density at radius 3 is 2.57 bits per heavy atom. The second-order valence-electron chi connectivity index (χ2n) is 6.82. The van der Waals surface area contributed by atoms with Crippen molar-refractivity contribution in [3.8, 4) is 0 Å². The van der Waals surface area contributed by atoms with E-state index in [-0.39, 0.29) is 30.0 Å². The maximum absolute atomic E-state index is 13.3. The van der Waals surface area contributed by atoms with Crippen molar-refractivity contribution in [1.82, 2.24) is 10.2 Å². The minimum Gasteiger partial charge on any atom is -0.342 e. The standard InChI is InChI=1S/C18H25FN2O.ClH/c1-13(9-14-3-2-4-17(19)10-14)18(22)21-7-5-15-11-20-12-16(15)6-8-21;/h2-4,10,13,15-16,20H,5-9,11-12H2,1H3;1H/t13?,15-,16+;. The van der Waals surface area contributed by atoms with Gasteiger partial charge < -0.3 is 10.2 Å². The van der Waals surface area contributed by atoms with Gasteiger partial charge in [-0.05, 0) is 61.9 Å². The highest BCUT2D eigenvalue weighted by atomic mass is 35.5. The molecular weight excluding hydrogens is 315 g/mol. The molecule has 0 saturated carbocycles. The van der Waals surface area contributed by atoms with Crippen LogP contribution in [-0.2, 0) is 11.2 Å². The summed E-state index contributed by atoms with van der Waals surface area (Å²) in [5.74, 6) is 1.37. The van der Waals surface area contributed by atoms with Gasteiger partial charge in [0.2, 0.25) is 5.91 Å². The number of carbonyl (C=O) groups excluding carboxylic acids is 1. The zero-order valence-corrected chi connectivity index (χ0v) is 14.4. The minimum absolute atomic E-state index is 0. The van der Waals surface area contributed by atoms with E-state index in [0.717, 1.165) is 56.4 Å². The van der Waals surface area contributed by atoms with Crippen LogP contribution >= 0.6 is 12.4 Å². The molecule has 2 aliphatic heterocycles. The molecule has 0 bridgehead atoms. The molecule has 0 aliphatic carbocycles. The van der Waals surface area contributed by atoms with E-state index >= 15 is 0 Å². The van der Waals surface area contributed by atoms with Crippen molar-refractivity contribution < 1.29 is 9.18 Å². The van der Waals surface area contributed by atoms with E-state index in [4.69, 9.17) is 0 Å². The van der Waals surface area contributed by atoms with Crippen molar-refractivity contribution in [1.29, 1.82) is 0 Å². The third-order valence-corrected chi connectivity index (χ3v) is 5.18. The maximum atomic E-state index is 13.3. The van der Waals surface area contributed by atoms with Gasteiger partial charge in [-0.2, -0.15) is 0 Å². The summed E-state index contributed by atoms with van der Waals surface area (Å²) in [6, 6.07) is 6.58. The van der Waals surface area contributed by atoms with E-state index in [1.54, 1.807) is 6.07 Å². The molecule has 1 aromatic rings. The topological polar surface area (TPSA) is 32.3 Å². The largest absolute Gasteiger partial charge is 0.342 e. The summed E-state index contributed by atoms with van der Waals surface area (Å²) < 4.78 is 13.3. The normalized spacial score (nSPS) is 25.2. The van der Waals surface area contributed by atoms with Crippen LogP contribution in [0, 0.1) is 23.6 Å². The van der Waals surface area contributed by atoms with Crippen molar-refractivity contribution in [2.24, 2.45) is 17.8 Å². The summed E-state index contributed by atoms with van der Waals surface area (Å²) in [4.78, 5) is 14.7. The summed E-state index contributed by atoms with van der Waals surface area (Å²) >= 11 is 0. The number of hydrogen-bond acceptors (Lipinski definition) is 2.